The van der Waals surface area contributed by atoms with Crippen molar-refractivity contribution in [1.29, 1.82) is 0 Å². The van der Waals surface area contributed by atoms with Gasteiger partial charge in [-0.25, -0.2) is 0 Å². The normalized spacial score (nSPS) is 10.8. The molecule has 180 valence electrons. The number of ether oxygens (including phenoxy) is 2. The van der Waals surface area contributed by atoms with Gasteiger partial charge in [-0.2, -0.15) is 5.10 Å². The molecule has 3 aromatic carbocycles. The van der Waals surface area contributed by atoms with Crippen LogP contribution in [-0.2, 0) is 13.2 Å². The van der Waals surface area contributed by atoms with Gasteiger partial charge < -0.3 is 14.8 Å². The number of aromatic nitrogens is 2. The standard InChI is InChI=1S/C28H28BrN3O3/c1-18-6-9-21(10-7-18)15-32-16-24(29)27(31-32)30-28(33)22-11-12-25(34-4)23(14-22)17-35-26-13-19(2)5-8-20(26)3/h5-14,16H,15,17H2,1-4H3,(H,30,31,33). The third-order valence-corrected chi connectivity index (χ3v) is 6.26. The van der Waals surface area contributed by atoms with E-state index in [-0.39, 0.29) is 12.5 Å². The zero-order chi connectivity index (χ0) is 24.9. The lowest BCUT2D eigenvalue weighted by molar-refractivity contribution is 0.102. The molecule has 0 bridgehead atoms. The fourth-order valence-electron chi connectivity index (χ4n) is 3.67. The first-order chi connectivity index (χ1) is 16.8. The highest BCUT2D eigenvalue weighted by atomic mass is 79.9. The third-order valence-electron chi connectivity index (χ3n) is 5.68. The van der Waals surface area contributed by atoms with Crippen molar-refractivity contribution in [2.45, 2.75) is 33.9 Å². The minimum atomic E-state index is -0.262. The lowest BCUT2D eigenvalue weighted by atomic mass is 10.1. The van der Waals surface area contributed by atoms with Crippen LogP contribution in [0.1, 0.15) is 38.2 Å². The average Bonchev–Trinajstić information content (AvgIpc) is 3.19. The van der Waals surface area contributed by atoms with E-state index in [1.54, 1.807) is 30.0 Å². The minimum absolute atomic E-state index is 0.262. The Bertz CT molecular complexity index is 1350. The molecule has 4 rings (SSSR count). The fraction of sp³-hybridized carbons (Fsp3) is 0.214. The minimum Gasteiger partial charge on any atom is -0.496 e. The summed E-state index contributed by atoms with van der Waals surface area (Å²) in [6.45, 7) is 6.98. The molecular weight excluding hydrogens is 506 g/mol. The van der Waals surface area contributed by atoms with Gasteiger partial charge in [0.1, 0.15) is 18.1 Å². The molecule has 0 spiro atoms. The first kappa shape index (κ1) is 24.5. The van der Waals surface area contributed by atoms with Gasteiger partial charge in [-0.1, -0.05) is 42.0 Å². The number of halogens is 1. The first-order valence-corrected chi connectivity index (χ1v) is 12.1. The Morgan fingerprint density at radius 3 is 2.46 bits per heavy atom. The highest BCUT2D eigenvalue weighted by molar-refractivity contribution is 9.10. The number of aryl methyl sites for hydroxylation is 3. The van der Waals surface area contributed by atoms with Crippen LogP contribution in [0.25, 0.3) is 0 Å². The Morgan fingerprint density at radius 2 is 1.71 bits per heavy atom. The van der Waals surface area contributed by atoms with Gasteiger partial charge in [0.25, 0.3) is 5.91 Å². The number of amides is 1. The number of nitrogens with zero attached hydrogens (tertiary/aromatic N) is 2. The van der Waals surface area contributed by atoms with Crippen molar-refractivity contribution < 1.29 is 14.3 Å². The van der Waals surface area contributed by atoms with Gasteiger partial charge in [0.2, 0.25) is 0 Å². The summed E-state index contributed by atoms with van der Waals surface area (Å²) in [4.78, 5) is 13.0. The van der Waals surface area contributed by atoms with E-state index in [0.717, 1.165) is 28.0 Å². The molecule has 0 atom stereocenters. The number of nitrogens with one attached hydrogen (secondary N) is 1. The van der Waals surface area contributed by atoms with Crippen molar-refractivity contribution in [2.75, 3.05) is 12.4 Å². The summed E-state index contributed by atoms with van der Waals surface area (Å²) >= 11 is 3.51. The zero-order valence-electron chi connectivity index (χ0n) is 20.3. The van der Waals surface area contributed by atoms with Crippen LogP contribution < -0.4 is 14.8 Å². The monoisotopic (exact) mass is 533 g/mol. The number of methoxy groups -OCH3 is 1. The molecule has 0 radical (unpaired) electrons. The van der Waals surface area contributed by atoms with Gasteiger partial charge >= 0.3 is 0 Å². The summed E-state index contributed by atoms with van der Waals surface area (Å²) in [6, 6.07) is 19.7. The van der Waals surface area contributed by atoms with Gasteiger partial charge in [0.05, 0.1) is 18.1 Å². The van der Waals surface area contributed by atoms with E-state index in [4.69, 9.17) is 9.47 Å². The van der Waals surface area contributed by atoms with Crippen molar-refractivity contribution in [1.82, 2.24) is 9.78 Å². The summed E-state index contributed by atoms with van der Waals surface area (Å²) < 4.78 is 14.0. The van der Waals surface area contributed by atoms with Crippen LogP contribution in [0.3, 0.4) is 0 Å². The second kappa shape index (κ2) is 10.8. The molecule has 0 saturated carbocycles. The smallest absolute Gasteiger partial charge is 0.256 e. The van der Waals surface area contributed by atoms with Crippen LogP contribution >= 0.6 is 15.9 Å². The Labute approximate surface area is 214 Å². The summed E-state index contributed by atoms with van der Waals surface area (Å²) in [5.74, 6) is 1.67. The number of carbonyl (C=O) groups excluding carboxylic acids is 1. The van der Waals surface area contributed by atoms with E-state index in [9.17, 15) is 4.79 Å². The van der Waals surface area contributed by atoms with Crippen LogP contribution in [0, 0.1) is 20.8 Å². The Morgan fingerprint density at radius 1 is 0.971 bits per heavy atom. The molecule has 0 saturated heterocycles. The molecule has 35 heavy (non-hydrogen) atoms. The van der Waals surface area contributed by atoms with E-state index in [2.05, 4.69) is 57.5 Å². The maximum Gasteiger partial charge on any atom is 0.256 e. The molecule has 7 heteroatoms. The van der Waals surface area contributed by atoms with Gasteiger partial charge in [-0.05, 0) is 77.7 Å². The molecule has 4 aromatic rings. The van der Waals surface area contributed by atoms with E-state index >= 15 is 0 Å². The van der Waals surface area contributed by atoms with Crippen LogP contribution in [0.5, 0.6) is 11.5 Å². The molecule has 0 aliphatic rings. The average molecular weight is 534 g/mol. The van der Waals surface area contributed by atoms with Gasteiger partial charge in [-0.15, -0.1) is 0 Å². The number of anilines is 1. The maximum absolute atomic E-state index is 13.0. The second-order valence-corrected chi connectivity index (χ2v) is 9.40. The van der Waals surface area contributed by atoms with Crippen LogP contribution in [0.15, 0.2) is 71.3 Å². The van der Waals surface area contributed by atoms with Crippen molar-refractivity contribution in [3.8, 4) is 11.5 Å². The van der Waals surface area contributed by atoms with E-state index in [1.807, 2.05) is 38.2 Å². The third kappa shape index (κ3) is 6.11. The molecular formula is C28H28BrN3O3. The second-order valence-electron chi connectivity index (χ2n) is 8.55. The molecule has 0 fully saturated rings. The van der Waals surface area contributed by atoms with Crippen molar-refractivity contribution in [2.24, 2.45) is 0 Å². The van der Waals surface area contributed by atoms with Crippen molar-refractivity contribution in [3.05, 3.63) is 105 Å². The van der Waals surface area contributed by atoms with E-state index < -0.39 is 0 Å². The largest absolute Gasteiger partial charge is 0.496 e. The van der Waals surface area contributed by atoms with E-state index in [1.165, 1.54) is 5.56 Å². The number of benzene rings is 3. The van der Waals surface area contributed by atoms with E-state index in [0.29, 0.717) is 28.1 Å². The van der Waals surface area contributed by atoms with Gasteiger partial charge in [0, 0.05) is 17.3 Å². The summed E-state index contributed by atoms with van der Waals surface area (Å²) in [7, 11) is 1.61. The van der Waals surface area contributed by atoms with Crippen LogP contribution in [0.4, 0.5) is 5.82 Å². The van der Waals surface area contributed by atoms with Crippen LogP contribution in [-0.4, -0.2) is 22.8 Å². The predicted molar refractivity (Wildman–Crippen MR) is 141 cm³/mol. The number of hydrogen-bond acceptors (Lipinski definition) is 4. The van der Waals surface area contributed by atoms with Crippen molar-refractivity contribution >= 4 is 27.7 Å². The topological polar surface area (TPSA) is 65.4 Å². The quantitative estimate of drug-likeness (QED) is 0.282. The lowest BCUT2D eigenvalue weighted by Gasteiger charge is -2.14. The zero-order valence-corrected chi connectivity index (χ0v) is 21.8. The summed E-state index contributed by atoms with van der Waals surface area (Å²) in [5.41, 5.74) is 5.79. The number of rotatable bonds is 8. The molecule has 1 heterocycles. The highest BCUT2D eigenvalue weighted by Crippen LogP contribution is 2.26. The SMILES string of the molecule is COc1ccc(C(=O)Nc2nn(Cc3ccc(C)cc3)cc2Br)cc1COc1cc(C)ccc1C. The molecule has 0 aliphatic carbocycles. The molecule has 0 aliphatic heterocycles. The number of hydrogen-bond donors (Lipinski definition) is 1. The number of carbonyl (C=O) groups is 1. The summed E-state index contributed by atoms with van der Waals surface area (Å²) in [6.07, 6.45) is 1.85. The van der Waals surface area contributed by atoms with Gasteiger partial charge in [-0.3, -0.25) is 9.48 Å². The fourth-order valence-corrected chi connectivity index (χ4v) is 4.09. The first-order valence-electron chi connectivity index (χ1n) is 11.3. The highest BCUT2D eigenvalue weighted by Gasteiger charge is 2.15. The maximum atomic E-state index is 13.0. The Hall–Kier alpha value is -3.58. The Kier molecular flexibility index (Phi) is 7.56. The molecule has 1 N–H and O–H groups in total. The molecule has 1 aromatic heterocycles. The Balaban J connectivity index is 1.48. The molecule has 1 amide bonds. The van der Waals surface area contributed by atoms with Crippen molar-refractivity contribution in [3.63, 3.8) is 0 Å². The van der Waals surface area contributed by atoms with Gasteiger partial charge in [0.15, 0.2) is 5.82 Å². The molecule has 6 nitrogen and oxygen atoms in total. The van der Waals surface area contributed by atoms with Crippen LogP contribution in [0.2, 0.25) is 0 Å². The lowest BCUT2D eigenvalue weighted by Crippen LogP contribution is -2.14. The molecule has 0 unspecified atom stereocenters. The summed E-state index contributed by atoms with van der Waals surface area (Å²) in [5, 5.41) is 7.43. The predicted octanol–water partition coefficient (Wildman–Crippen LogP) is 6.46.